The molecule has 1 saturated heterocycles. The fourth-order valence-corrected chi connectivity index (χ4v) is 2.41. The number of hydrogen-bond donors (Lipinski definition) is 1. The third kappa shape index (κ3) is 4.04. The van der Waals surface area contributed by atoms with Crippen molar-refractivity contribution >= 4 is 5.78 Å². The molecule has 104 valence electrons. The zero-order valence-electron chi connectivity index (χ0n) is 11.5. The Morgan fingerprint density at radius 1 is 1.32 bits per heavy atom. The van der Waals surface area contributed by atoms with Gasteiger partial charge in [0.05, 0.1) is 12.7 Å². The van der Waals surface area contributed by atoms with E-state index in [1.807, 2.05) is 24.3 Å². The number of piperazine rings is 1. The second-order valence-corrected chi connectivity index (χ2v) is 4.82. The molecule has 0 amide bonds. The number of ketones is 1. The van der Waals surface area contributed by atoms with Gasteiger partial charge in [-0.05, 0) is 25.1 Å². The van der Waals surface area contributed by atoms with E-state index in [0.717, 1.165) is 39.1 Å². The van der Waals surface area contributed by atoms with E-state index in [1.165, 1.54) is 0 Å². The van der Waals surface area contributed by atoms with Crippen LogP contribution < -0.4 is 10.1 Å². The van der Waals surface area contributed by atoms with Crippen molar-refractivity contribution in [1.29, 1.82) is 0 Å². The number of nitrogens with zero attached hydrogens (tertiary/aromatic N) is 1. The topological polar surface area (TPSA) is 41.6 Å². The predicted octanol–water partition coefficient (Wildman–Crippen LogP) is 1.56. The first-order valence-corrected chi connectivity index (χ1v) is 6.90. The Kier molecular flexibility index (Phi) is 5.36. The van der Waals surface area contributed by atoms with Crippen LogP contribution in [0, 0.1) is 0 Å². The average Bonchev–Trinajstić information content (AvgIpc) is 2.48. The van der Waals surface area contributed by atoms with Crippen molar-refractivity contribution in [3.05, 3.63) is 29.8 Å². The van der Waals surface area contributed by atoms with Crippen LogP contribution in [0.5, 0.6) is 5.75 Å². The predicted molar refractivity (Wildman–Crippen MR) is 75.9 cm³/mol. The van der Waals surface area contributed by atoms with Gasteiger partial charge in [-0.1, -0.05) is 12.1 Å². The smallest absolute Gasteiger partial charge is 0.166 e. The summed E-state index contributed by atoms with van der Waals surface area (Å²) in [7, 11) is 1.60. The van der Waals surface area contributed by atoms with Gasteiger partial charge in [-0.15, -0.1) is 0 Å². The van der Waals surface area contributed by atoms with Crippen LogP contribution in [0.1, 0.15) is 23.2 Å². The maximum Gasteiger partial charge on any atom is 0.166 e. The highest BCUT2D eigenvalue weighted by atomic mass is 16.5. The lowest BCUT2D eigenvalue weighted by Crippen LogP contribution is -2.43. The van der Waals surface area contributed by atoms with Gasteiger partial charge in [0, 0.05) is 32.6 Å². The van der Waals surface area contributed by atoms with Crippen molar-refractivity contribution in [2.75, 3.05) is 39.8 Å². The Bertz CT molecular complexity index is 414. The van der Waals surface area contributed by atoms with Gasteiger partial charge in [0.1, 0.15) is 5.75 Å². The van der Waals surface area contributed by atoms with Crippen LogP contribution in [-0.4, -0.2) is 50.5 Å². The molecule has 0 atom stereocenters. The highest BCUT2D eigenvalue weighted by Gasteiger charge is 2.13. The SMILES string of the molecule is COc1ccccc1C(=O)CCCN1CCNCC1. The van der Waals surface area contributed by atoms with Crippen molar-refractivity contribution in [2.24, 2.45) is 0 Å². The Morgan fingerprint density at radius 2 is 2.05 bits per heavy atom. The van der Waals surface area contributed by atoms with Crippen molar-refractivity contribution in [2.45, 2.75) is 12.8 Å². The minimum absolute atomic E-state index is 0.174. The first kappa shape index (κ1) is 14.0. The Morgan fingerprint density at radius 3 is 2.79 bits per heavy atom. The molecule has 4 heteroatoms. The number of rotatable bonds is 6. The van der Waals surface area contributed by atoms with Gasteiger partial charge in [-0.25, -0.2) is 0 Å². The summed E-state index contributed by atoms with van der Waals surface area (Å²) in [6, 6.07) is 7.44. The van der Waals surface area contributed by atoms with Crippen LogP contribution in [0.3, 0.4) is 0 Å². The number of para-hydroxylation sites is 1. The zero-order valence-corrected chi connectivity index (χ0v) is 11.5. The van der Waals surface area contributed by atoms with E-state index in [9.17, 15) is 4.79 Å². The highest BCUT2D eigenvalue weighted by molar-refractivity contribution is 5.98. The molecule has 0 spiro atoms. The molecule has 1 aromatic carbocycles. The maximum atomic E-state index is 12.2. The lowest BCUT2D eigenvalue weighted by atomic mass is 10.1. The minimum Gasteiger partial charge on any atom is -0.496 e. The minimum atomic E-state index is 0.174. The molecule has 4 nitrogen and oxygen atoms in total. The molecule has 19 heavy (non-hydrogen) atoms. The number of methoxy groups -OCH3 is 1. The molecular weight excluding hydrogens is 240 g/mol. The number of ether oxygens (including phenoxy) is 1. The summed E-state index contributed by atoms with van der Waals surface area (Å²) in [5.41, 5.74) is 0.699. The summed E-state index contributed by atoms with van der Waals surface area (Å²) in [6.07, 6.45) is 1.50. The number of carbonyl (C=O) groups excluding carboxylic acids is 1. The van der Waals surface area contributed by atoms with Gasteiger partial charge < -0.3 is 15.0 Å². The summed E-state index contributed by atoms with van der Waals surface area (Å²) in [6.45, 7) is 5.29. The first-order chi connectivity index (χ1) is 9.31. The van der Waals surface area contributed by atoms with E-state index in [-0.39, 0.29) is 5.78 Å². The molecule has 2 rings (SSSR count). The van der Waals surface area contributed by atoms with E-state index in [1.54, 1.807) is 7.11 Å². The van der Waals surface area contributed by atoms with Gasteiger partial charge in [-0.2, -0.15) is 0 Å². The monoisotopic (exact) mass is 262 g/mol. The summed E-state index contributed by atoms with van der Waals surface area (Å²) in [4.78, 5) is 14.6. The fraction of sp³-hybridized carbons (Fsp3) is 0.533. The van der Waals surface area contributed by atoms with Crippen molar-refractivity contribution < 1.29 is 9.53 Å². The zero-order chi connectivity index (χ0) is 13.5. The van der Waals surface area contributed by atoms with Gasteiger partial charge in [0.15, 0.2) is 5.78 Å². The van der Waals surface area contributed by atoms with Crippen LogP contribution in [0.25, 0.3) is 0 Å². The number of nitrogens with one attached hydrogen (secondary N) is 1. The van der Waals surface area contributed by atoms with Crippen molar-refractivity contribution in [1.82, 2.24) is 10.2 Å². The normalized spacial score (nSPS) is 16.3. The molecule has 0 radical (unpaired) electrons. The summed E-state index contributed by atoms with van der Waals surface area (Å²) in [5, 5.41) is 3.33. The van der Waals surface area contributed by atoms with Gasteiger partial charge in [-0.3, -0.25) is 4.79 Å². The van der Waals surface area contributed by atoms with Crippen molar-refractivity contribution in [3.63, 3.8) is 0 Å². The standard InChI is InChI=1S/C15H22N2O2/c1-19-15-7-3-2-5-13(15)14(18)6-4-10-17-11-8-16-9-12-17/h2-3,5,7,16H,4,6,8-12H2,1H3. The Hall–Kier alpha value is -1.39. The fourth-order valence-electron chi connectivity index (χ4n) is 2.41. The van der Waals surface area contributed by atoms with E-state index in [0.29, 0.717) is 17.7 Å². The van der Waals surface area contributed by atoms with Crippen LogP contribution >= 0.6 is 0 Å². The molecule has 0 aliphatic carbocycles. The molecule has 0 unspecified atom stereocenters. The average molecular weight is 262 g/mol. The van der Waals surface area contributed by atoms with Gasteiger partial charge >= 0.3 is 0 Å². The number of carbonyl (C=O) groups is 1. The molecular formula is C15H22N2O2. The maximum absolute atomic E-state index is 12.2. The molecule has 1 heterocycles. The molecule has 1 aliphatic heterocycles. The van der Waals surface area contributed by atoms with E-state index < -0.39 is 0 Å². The first-order valence-electron chi connectivity index (χ1n) is 6.90. The summed E-state index contributed by atoms with van der Waals surface area (Å²) < 4.78 is 5.22. The Labute approximate surface area is 114 Å². The second kappa shape index (κ2) is 7.26. The molecule has 1 aliphatic rings. The van der Waals surface area contributed by atoms with Crippen molar-refractivity contribution in [3.8, 4) is 5.75 Å². The third-order valence-corrected chi connectivity index (χ3v) is 3.50. The van der Waals surface area contributed by atoms with E-state index in [4.69, 9.17) is 4.74 Å². The molecule has 1 aromatic rings. The Balaban J connectivity index is 1.80. The van der Waals surface area contributed by atoms with Gasteiger partial charge in [0.25, 0.3) is 0 Å². The molecule has 1 N–H and O–H groups in total. The van der Waals surface area contributed by atoms with E-state index in [2.05, 4.69) is 10.2 Å². The summed E-state index contributed by atoms with van der Waals surface area (Å²) >= 11 is 0. The molecule has 0 bridgehead atoms. The second-order valence-electron chi connectivity index (χ2n) is 4.82. The lowest BCUT2D eigenvalue weighted by molar-refractivity contribution is 0.0970. The quantitative estimate of drug-likeness (QED) is 0.790. The summed E-state index contributed by atoms with van der Waals surface area (Å²) in [5.74, 6) is 0.849. The largest absolute Gasteiger partial charge is 0.496 e. The molecule has 1 fully saturated rings. The highest BCUT2D eigenvalue weighted by Crippen LogP contribution is 2.19. The van der Waals surface area contributed by atoms with Crippen LogP contribution in [0.4, 0.5) is 0 Å². The van der Waals surface area contributed by atoms with Crippen LogP contribution in [0.2, 0.25) is 0 Å². The lowest BCUT2D eigenvalue weighted by Gasteiger charge is -2.26. The van der Waals surface area contributed by atoms with Crippen LogP contribution in [-0.2, 0) is 0 Å². The number of hydrogen-bond acceptors (Lipinski definition) is 4. The third-order valence-electron chi connectivity index (χ3n) is 3.50. The van der Waals surface area contributed by atoms with Crippen LogP contribution in [0.15, 0.2) is 24.3 Å². The van der Waals surface area contributed by atoms with Gasteiger partial charge in [0.2, 0.25) is 0 Å². The molecule has 0 aromatic heterocycles. The number of Topliss-reactive ketones (excluding diaryl/α,β-unsaturated/α-hetero) is 1. The molecule has 0 saturated carbocycles. The van der Waals surface area contributed by atoms with E-state index >= 15 is 0 Å². The number of benzene rings is 1.